The number of aromatic nitrogens is 3. The highest BCUT2D eigenvalue weighted by atomic mass is 16.5. The van der Waals surface area contributed by atoms with Crippen molar-refractivity contribution in [1.29, 1.82) is 0 Å². The van der Waals surface area contributed by atoms with Gasteiger partial charge in [0.1, 0.15) is 17.2 Å². The molecule has 0 saturated carbocycles. The molecule has 1 rings (SSSR count). The third-order valence-corrected chi connectivity index (χ3v) is 3.45. The number of carbonyl (C=O) groups excluding carboxylic acids is 1. The Bertz CT molecular complexity index is 430. The van der Waals surface area contributed by atoms with Gasteiger partial charge in [0.2, 0.25) is 0 Å². The molecule has 108 valence electrons. The number of unbranched alkanes of at least 4 members (excludes halogenated alkanes) is 1. The molecular formula is C13H24N4O2. The molecule has 0 amide bonds. The van der Waals surface area contributed by atoms with Crippen LogP contribution in [0.15, 0.2) is 0 Å². The first kappa shape index (κ1) is 15.6. The van der Waals surface area contributed by atoms with E-state index in [1.54, 1.807) is 7.05 Å². The number of carbonyl (C=O) groups is 1. The number of nitrogens with one attached hydrogen (secondary N) is 1. The summed E-state index contributed by atoms with van der Waals surface area (Å²) in [6, 6.07) is 0. The minimum atomic E-state index is -0.609. The van der Waals surface area contributed by atoms with Gasteiger partial charge in [-0.2, -0.15) is 5.10 Å². The fourth-order valence-electron chi connectivity index (χ4n) is 2.07. The molecule has 0 saturated heterocycles. The molecule has 0 aliphatic carbocycles. The molecule has 1 N–H and O–H groups in total. The van der Waals surface area contributed by atoms with Crippen molar-refractivity contribution >= 4 is 5.97 Å². The number of ether oxygens (including phenoxy) is 1. The standard InChI is InChI=1S/C13H24N4O2/c1-10-15-11(2)17(16-10)9-7-6-8-13(3,14-4)12(18)19-5/h14H,6-9H2,1-5H3. The van der Waals surface area contributed by atoms with Gasteiger partial charge in [-0.25, -0.2) is 4.98 Å². The van der Waals surface area contributed by atoms with Crippen molar-refractivity contribution in [1.82, 2.24) is 20.1 Å². The van der Waals surface area contributed by atoms with Crippen molar-refractivity contribution in [2.24, 2.45) is 0 Å². The van der Waals surface area contributed by atoms with Crippen molar-refractivity contribution in [2.45, 2.75) is 52.1 Å². The Hall–Kier alpha value is -1.43. The molecule has 1 atom stereocenters. The van der Waals surface area contributed by atoms with E-state index in [0.717, 1.165) is 37.5 Å². The van der Waals surface area contributed by atoms with Crippen LogP contribution in [0.2, 0.25) is 0 Å². The molecule has 1 unspecified atom stereocenters. The van der Waals surface area contributed by atoms with Gasteiger partial charge in [-0.3, -0.25) is 9.48 Å². The second-order valence-electron chi connectivity index (χ2n) is 4.96. The smallest absolute Gasteiger partial charge is 0.325 e. The summed E-state index contributed by atoms with van der Waals surface area (Å²) in [6.07, 6.45) is 2.62. The maximum atomic E-state index is 11.7. The van der Waals surface area contributed by atoms with E-state index in [0.29, 0.717) is 0 Å². The maximum absolute atomic E-state index is 11.7. The highest BCUT2D eigenvalue weighted by molar-refractivity contribution is 5.80. The highest BCUT2D eigenvalue weighted by Crippen LogP contribution is 2.15. The van der Waals surface area contributed by atoms with Gasteiger partial charge >= 0.3 is 5.97 Å². The number of hydrogen-bond acceptors (Lipinski definition) is 5. The SMILES string of the molecule is CNC(C)(CCCCn1nc(C)nc1C)C(=O)OC. The molecule has 1 aromatic heterocycles. The lowest BCUT2D eigenvalue weighted by Crippen LogP contribution is -2.48. The largest absolute Gasteiger partial charge is 0.468 e. The first-order valence-electron chi connectivity index (χ1n) is 6.58. The number of hydrogen-bond donors (Lipinski definition) is 1. The van der Waals surface area contributed by atoms with Crippen LogP contribution in [0.5, 0.6) is 0 Å². The summed E-state index contributed by atoms with van der Waals surface area (Å²) in [7, 11) is 3.20. The maximum Gasteiger partial charge on any atom is 0.325 e. The van der Waals surface area contributed by atoms with Crippen molar-refractivity contribution in [3.63, 3.8) is 0 Å². The third-order valence-electron chi connectivity index (χ3n) is 3.45. The summed E-state index contributed by atoms with van der Waals surface area (Å²) >= 11 is 0. The van der Waals surface area contributed by atoms with E-state index in [2.05, 4.69) is 15.4 Å². The molecule has 0 aliphatic rings. The summed E-state index contributed by atoms with van der Waals surface area (Å²) in [5, 5.41) is 7.35. The minimum Gasteiger partial charge on any atom is -0.468 e. The van der Waals surface area contributed by atoms with Gasteiger partial charge in [0.25, 0.3) is 0 Å². The van der Waals surface area contributed by atoms with Gasteiger partial charge in [-0.05, 0) is 47.1 Å². The van der Waals surface area contributed by atoms with Crippen LogP contribution in [0.25, 0.3) is 0 Å². The normalized spacial score (nSPS) is 14.2. The molecule has 6 heteroatoms. The predicted octanol–water partition coefficient (Wildman–Crippen LogP) is 1.22. The fourth-order valence-corrected chi connectivity index (χ4v) is 2.07. The zero-order valence-electron chi connectivity index (χ0n) is 12.5. The van der Waals surface area contributed by atoms with Crippen LogP contribution in [0.3, 0.4) is 0 Å². The van der Waals surface area contributed by atoms with Crippen LogP contribution in [-0.4, -0.2) is 40.4 Å². The Morgan fingerprint density at radius 1 is 1.42 bits per heavy atom. The van der Waals surface area contributed by atoms with Crippen LogP contribution in [0, 0.1) is 13.8 Å². The summed E-state index contributed by atoms with van der Waals surface area (Å²) in [6.45, 7) is 6.53. The summed E-state index contributed by atoms with van der Waals surface area (Å²) in [5.74, 6) is 1.51. The zero-order valence-corrected chi connectivity index (χ0v) is 12.5. The predicted molar refractivity (Wildman–Crippen MR) is 72.8 cm³/mol. The lowest BCUT2D eigenvalue weighted by atomic mass is 9.95. The Balaban J connectivity index is 2.41. The van der Waals surface area contributed by atoms with Gasteiger partial charge in [-0.15, -0.1) is 0 Å². The van der Waals surface area contributed by atoms with Crippen LogP contribution in [0.4, 0.5) is 0 Å². The number of rotatable bonds is 7. The topological polar surface area (TPSA) is 69.0 Å². The van der Waals surface area contributed by atoms with Gasteiger partial charge in [0.05, 0.1) is 7.11 Å². The Labute approximate surface area is 114 Å². The Kier molecular flexibility index (Phi) is 5.47. The quantitative estimate of drug-likeness (QED) is 0.595. The Morgan fingerprint density at radius 3 is 2.58 bits per heavy atom. The monoisotopic (exact) mass is 268 g/mol. The molecule has 19 heavy (non-hydrogen) atoms. The molecule has 0 aliphatic heterocycles. The fraction of sp³-hybridized carbons (Fsp3) is 0.769. The van der Waals surface area contributed by atoms with E-state index >= 15 is 0 Å². The second-order valence-corrected chi connectivity index (χ2v) is 4.96. The van der Waals surface area contributed by atoms with E-state index in [-0.39, 0.29) is 5.97 Å². The lowest BCUT2D eigenvalue weighted by molar-refractivity contribution is -0.148. The van der Waals surface area contributed by atoms with Gasteiger partial charge in [-0.1, -0.05) is 0 Å². The van der Waals surface area contributed by atoms with Crippen molar-refractivity contribution < 1.29 is 9.53 Å². The molecule has 6 nitrogen and oxygen atoms in total. The first-order valence-corrected chi connectivity index (χ1v) is 6.58. The number of likely N-dealkylation sites (N-methyl/N-ethyl adjacent to an activating group) is 1. The highest BCUT2D eigenvalue weighted by Gasteiger charge is 2.31. The summed E-state index contributed by atoms with van der Waals surface area (Å²) in [5.41, 5.74) is -0.609. The minimum absolute atomic E-state index is 0.220. The van der Waals surface area contributed by atoms with Gasteiger partial charge in [0, 0.05) is 6.54 Å². The number of nitrogens with zero attached hydrogens (tertiary/aromatic N) is 3. The van der Waals surface area contributed by atoms with Crippen LogP contribution < -0.4 is 5.32 Å². The van der Waals surface area contributed by atoms with E-state index in [9.17, 15) is 4.79 Å². The third kappa shape index (κ3) is 4.02. The average Bonchev–Trinajstić information content (AvgIpc) is 2.71. The van der Waals surface area contributed by atoms with Gasteiger partial charge in [0.15, 0.2) is 0 Å². The molecule has 0 aromatic carbocycles. The number of aryl methyl sites for hydroxylation is 3. The molecule has 0 bridgehead atoms. The van der Waals surface area contributed by atoms with Gasteiger partial charge < -0.3 is 10.1 Å². The second kappa shape index (κ2) is 6.65. The summed E-state index contributed by atoms with van der Waals surface area (Å²) in [4.78, 5) is 15.9. The molecular weight excluding hydrogens is 244 g/mol. The van der Waals surface area contributed by atoms with Crippen LogP contribution in [0.1, 0.15) is 37.8 Å². The zero-order chi connectivity index (χ0) is 14.5. The van der Waals surface area contributed by atoms with E-state index in [1.165, 1.54) is 7.11 Å². The molecule has 0 radical (unpaired) electrons. The van der Waals surface area contributed by atoms with E-state index < -0.39 is 5.54 Å². The Morgan fingerprint density at radius 2 is 2.11 bits per heavy atom. The van der Waals surface area contributed by atoms with E-state index in [4.69, 9.17) is 4.74 Å². The molecule has 0 spiro atoms. The van der Waals surface area contributed by atoms with Crippen molar-refractivity contribution in [3.8, 4) is 0 Å². The first-order chi connectivity index (χ1) is 8.92. The van der Waals surface area contributed by atoms with Crippen molar-refractivity contribution in [2.75, 3.05) is 14.2 Å². The molecule has 0 fully saturated rings. The molecule has 1 heterocycles. The van der Waals surface area contributed by atoms with Crippen LogP contribution in [-0.2, 0) is 16.1 Å². The number of methoxy groups -OCH3 is 1. The van der Waals surface area contributed by atoms with Crippen molar-refractivity contribution in [3.05, 3.63) is 11.6 Å². The average molecular weight is 268 g/mol. The summed E-state index contributed by atoms with van der Waals surface area (Å²) < 4.78 is 6.72. The molecule has 1 aromatic rings. The number of esters is 1. The van der Waals surface area contributed by atoms with E-state index in [1.807, 2.05) is 25.5 Å². The van der Waals surface area contributed by atoms with Crippen LogP contribution >= 0.6 is 0 Å². The lowest BCUT2D eigenvalue weighted by Gasteiger charge is -2.25.